The molecule has 0 aromatic carbocycles. The van der Waals surface area contributed by atoms with E-state index in [1.54, 1.807) is 0 Å². The number of cyclic esters (lactones) is 2. The third-order valence-electron chi connectivity index (χ3n) is 2.21. The highest BCUT2D eigenvalue weighted by atomic mass is 16.6. The predicted molar refractivity (Wildman–Crippen MR) is 57.0 cm³/mol. The van der Waals surface area contributed by atoms with Crippen LogP contribution in [0.25, 0.3) is 0 Å². The van der Waals surface area contributed by atoms with Gasteiger partial charge < -0.3 is 4.74 Å². The molecular formula is C12H18O3. The van der Waals surface area contributed by atoms with E-state index < -0.39 is 5.97 Å². The molecule has 0 spiro atoms. The molecule has 0 N–H and O–H groups in total. The zero-order chi connectivity index (χ0) is 11.6. The van der Waals surface area contributed by atoms with Gasteiger partial charge in [0.05, 0.1) is 12.3 Å². The molecule has 1 fully saturated rings. The zero-order valence-corrected chi connectivity index (χ0v) is 9.79. The van der Waals surface area contributed by atoms with Gasteiger partial charge >= 0.3 is 11.9 Å². The highest BCUT2D eigenvalue weighted by Crippen LogP contribution is 2.26. The van der Waals surface area contributed by atoms with Crippen LogP contribution in [-0.2, 0) is 14.3 Å². The van der Waals surface area contributed by atoms with Crippen molar-refractivity contribution in [3.05, 3.63) is 11.6 Å². The summed E-state index contributed by atoms with van der Waals surface area (Å²) >= 11 is 0. The fraction of sp³-hybridized carbons (Fsp3) is 0.667. The van der Waals surface area contributed by atoms with E-state index in [-0.39, 0.29) is 23.7 Å². The Hall–Kier alpha value is -1.12. The Bertz CT molecular complexity index is 307. The third-order valence-corrected chi connectivity index (χ3v) is 2.21. The molecule has 1 saturated heterocycles. The molecule has 0 aromatic heterocycles. The highest BCUT2D eigenvalue weighted by molar-refractivity contribution is 5.94. The van der Waals surface area contributed by atoms with Gasteiger partial charge in [-0.2, -0.15) is 0 Å². The minimum absolute atomic E-state index is 0.108. The van der Waals surface area contributed by atoms with Crippen LogP contribution in [0.15, 0.2) is 11.6 Å². The molecule has 0 bridgehead atoms. The molecule has 0 aliphatic carbocycles. The van der Waals surface area contributed by atoms with E-state index in [2.05, 4.69) is 31.6 Å². The second-order valence-corrected chi connectivity index (χ2v) is 5.25. The van der Waals surface area contributed by atoms with Gasteiger partial charge in [0.1, 0.15) is 0 Å². The maximum absolute atomic E-state index is 11.2. The van der Waals surface area contributed by atoms with Crippen molar-refractivity contribution in [2.45, 2.75) is 40.5 Å². The summed E-state index contributed by atoms with van der Waals surface area (Å²) in [5.41, 5.74) is 1.25. The Morgan fingerprint density at radius 1 is 1.47 bits per heavy atom. The van der Waals surface area contributed by atoms with E-state index in [0.717, 1.165) is 5.57 Å². The van der Waals surface area contributed by atoms with Crippen LogP contribution in [-0.4, -0.2) is 11.9 Å². The SMILES string of the molecule is CC(=CC(C)(C)C)CC1CC(=O)OC1=O. The number of carbonyl (C=O) groups is 2. The van der Waals surface area contributed by atoms with E-state index in [1.807, 2.05) is 6.92 Å². The number of rotatable bonds is 2. The minimum Gasteiger partial charge on any atom is -0.393 e. The van der Waals surface area contributed by atoms with Gasteiger partial charge in [-0.05, 0) is 18.8 Å². The van der Waals surface area contributed by atoms with Gasteiger partial charge in [0, 0.05) is 0 Å². The molecular weight excluding hydrogens is 192 g/mol. The maximum Gasteiger partial charge on any atom is 0.317 e. The van der Waals surface area contributed by atoms with E-state index in [4.69, 9.17) is 0 Å². The lowest BCUT2D eigenvalue weighted by Crippen LogP contribution is -2.09. The fourth-order valence-corrected chi connectivity index (χ4v) is 1.86. The molecule has 0 radical (unpaired) electrons. The van der Waals surface area contributed by atoms with Gasteiger partial charge in [-0.25, -0.2) is 0 Å². The molecule has 1 aliphatic rings. The summed E-state index contributed by atoms with van der Waals surface area (Å²) in [4.78, 5) is 22.1. The Balaban J connectivity index is 2.59. The Morgan fingerprint density at radius 2 is 2.07 bits per heavy atom. The highest BCUT2D eigenvalue weighted by Gasteiger charge is 2.33. The van der Waals surface area contributed by atoms with E-state index >= 15 is 0 Å². The van der Waals surface area contributed by atoms with Crippen LogP contribution in [0.5, 0.6) is 0 Å². The molecule has 3 heteroatoms. The van der Waals surface area contributed by atoms with Crippen LogP contribution in [0.2, 0.25) is 0 Å². The monoisotopic (exact) mass is 210 g/mol. The summed E-state index contributed by atoms with van der Waals surface area (Å²) < 4.78 is 4.50. The number of allylic oxidation sites excluding steroid dienone is 2. The molecule has 0 saturated carbocycles. The second-order valence-electron chi connectivity index (χ2n) is 5.25. The zero-order valence-electron chi connectivity index (χ0n) is 9.79. The van der Waals surface area contributed by atoms with Gasteiger partial charge in [-0.1, -0.05) is 32.4 Å². The summed E-state index contributed by atoms with van der Waals surface area (Å²) in [7, 11) is 0. The summed E-state index contributed by atoms with van der Waals surface area (Å²) in [5.74, 6) is -1.04. The summed E-state index contributed by atoms with van der Waals surface area (Å²) in [6.07, 6.45) is 2.99. The molecule has 1 rings (SSSR count). The van der Waals surface area contributed by atoms with Crippen molar-refractivity contribution in [2.75, 3.05) is 0 Å². The predicted octanol–water partition coefficient (Wildman–Crippen LogP) is 2.46. The quantitative estimate of drug-likeness (QED) is 0.399. The van der Waals surface area contributed by atoms with Crippen molar-refractivity contribution in [3.8, 4) is 0 Å². The van der Waals surface area contributed by atoms with Gasteiger partial charge in [-0.3, -0.25) is 9.59 Å². The Morgan fingerprint density at radius 3 is 2.47 bits per heavy atom. The fourth-order valence-electron chi connectivity index (χ4n) is 1.86. The van der Waals surface area contributed by atoms with Crippen molar-refractivity contribution in [1.29, 1.82) is 0 Å². The first-order chi connectivity index (χ1) is 6.78. The first-order valence-electron chi connectivity index (χ1n) is 5.21. The van der Waals surface area contributed by atoms with Crippen molar-refractivity contribution in [1.82, 2.24) is 0 Å². The van der Waals surface area contributed by atoms with Crippen LogP contribution in [0.1, 0.15) is 40.5 Å². The summed E-state index contributed by atoms with van der Waals surface area (Å²) in [6, 6.07) is 0. The van der Waals surface area contributed by atoms with Crippen molar-refractivity contribution in [3.63, 3.8) is 0 Å². The topological polar surface area (TPSA) is 43.4 Å². The van der Waals surface area contributed by atoms with Crippen molar-refractivity contribution < 1.29 is 14.3 Å². The minimum atomic E-state index is -0.395. The lowest BCUT2D eigenvalue weighted by molar-refractivity contribution is -0.153. The molecule has 0 aromatic rings. The van der Waals surface area contributed by atoms with Gasteiger partial charge in [-0.15, -0.1) is 0 Å². The van der Waals surface area contributed by atoms with Crippen LogP contribution in [0.4, 0.5) is 0 Å². The van der Waals surface area contributed by atoms with Crippen LogP contribution in [0.3, 0.4) is 0 Å². The molecule has 0 amide bonds. The maximum atomic E-state index is 11.2. The van der Waals surface area contributed by atoms with E-state index in [1.165, 1.54) is 0 Å². The van der Waals surface area contributed by atoms with Crippen LogP contribution in [0, 0.1) is 11.3 Å². The average Bonchev–Trinajstić information content (AvgIpc) is 2.25. The van der Waals surface area contributed by atoms with E-state index in [9.17, 15) is 9.59 Å². The third kappa shape index (κ3) is 3.86. The molecule has 84 valence electrons. The lowest BCUT2D eigenvalue weighted by atomic mass is 9.90. The summed E-state index contributed by atoms with van der Waals surface area (Å²) in [6.45, 7) is 8.30. The molecule has 3 nitrogen and oxygen atoms in total. The summed E-state index contributed by atoms with van der Waals surface area (Å²) in [5, 5.41) is 0. The first kappa shape index (κ1) is 12.0. The number of hydrogen-bond donors (Lipinski definition) is 0. The van der Waals surface area contributed by atoms with Crippen LogP contribution < -0.4 is 0 Å². The Labute approximate surface area is 90.5 Å². The first-order valence-corrected chi connectivity index (χ1v) is 5.21. The largest absolute Gasteiger partial charge is 0.393 e. The molecule has 1 heterocycles. The normalized spacial score (nSPS) is 23.2. The second kappa shape index (κ2) is 4.17. The van der Waals surface area contributed by atoms with Gasteiger partial charge in [0.25, 0.3) is 0 Å². The molecule has 1 atom stereocenters. The smallest absolute Gasteiger partial charge is 0.317 e. The Kier molecular flexibility index (Phi) is 3.32. The van der Waals surface area contributed by atoms with Crippen LogP contribution >= 0.6 is 0 Å². The van der Waals surface area contributed by atoms with E-state index in [0.29, 0.717) is 6.42 Å². The molecule has 15 heavy (non-hydrogen) atoms. The number of hydrogen-bond acceptors (Lipinski definition) is 3. The molecule has 1 aliphatic heterocycles. The lowest BCUT2D eigenvalue weighted by Gasteiger charge is -2.15. The average molecular weight is 210 g/mol. The number of ether oxygens (including phenoxy) is 1. The molecule has 1 unspecified atom stereocenters. The van der Waals surface area contributed by atoms with Crippen molar-refractivity contribution in [2.24, 2.45) is 11.3 Å². The van der Waals surface area contributed by atoms with Gasteiger partial charge in [0.2, 0.25) is 0 Å². The number of esters is 2. The van der Waals surface area contributed by atoms with Gasteiger partial charge in [0.15, 0.2) is 0 Å². The van der Waals surface area contributed by atoms with Crippen molar-refractivity contribution >= 4 is 11.9 Å². The standard InChI is InChI=1S/C12H18O3/c1-8(7-12(2,3)4)5-9-6-10(13)15-11(9)14/h7,9H,5-6H2,1-4H3. The number of carbonyl (C=O) groups excluding carboxylic acids is 2.